The molecule has 0 atom stereocenters. The van der Waals surface area contributed by atoms with Crippen LogP contribution in [0.1, 0.15) is 41.4 Å². The molecule has 0 saturated carbocycles. The summed E-state index contributed by atoms with van der Waals surface area (Å²) < 4.78 is 5.23. The number of anilines is 2. The molecule has 0 saturated heterocycles. The molecular formula is C23H15ClN2O6. The van der Waals surface area contributed by atoms with Crippen molar-refractivity contribution in [2.45, 2.75) is 0 Å². The fraction of sp³-hybridized carbons (Fsp3) is 0.0435. The van der Waals surface area contributed by atoms with E-state index in [1.54, 1.807) is 24.3 Å². The number of ether oxygens (including phenoxy) is 1. The maximum absolute atomic E-state index is 13.1. The summed E-state index contributed by atoms with van der Waals surface area (Å²) in [5.74, 6) is -2.80. The van der Waals surface area contributed by atoms with Crippen molar-refractivity contribution in [2.75, 3.05) is 17.3 Å². The van der Waals surface area contributed by atoms with Gasteiger partial charge in [0.25, 0.3) is 17.7 Å². The summed E-state index contributed by atoms with van der Waals surface area (Å²) >= 11 is 6.02. The second-order valence-corrected chi connectivity index (χ2v) is 7.26. The van der Waals surface area contributed by atoms with Crippen LogP contribution in [0.4, 0.5) is 11.4 Å². The number of amides is 3. The van der Waals surface area contributed by atoms with Crippen LogP contribution in [-0.4, -0.2) is 35.9 Å². The highest BCUT2D eigenvalue weighted by atomic mass is 35.5. The molecule has 1 heterocycles. The molecule has 2 N–H and O–H groups in total. The minimum atomic E-state index is -1.22. The topological polar surface area (TPSA) is 113 Å². The molecule has 0 aliphatic carbocycles. The van der Waals surface area contributed by atoms with Crippen molar-refractivity contribution in [2.24, 2.45) is 0 Å². The summed E-state index contributed by atoms with van der Waals surface area (Å²) in [7, 11) is 1.44. The van der Waals surface area contributed by atoms with E-state index >= 15 is 0 Å². The van der Waals surface area contributed by atoms with Crippen molar-refractivity contribution < 1.29 is 29.0 Å². The molecule has 32 heavy (non-hydrogen) atoms. The zero-order valence-corrected chi connectivity index (χ0v) is 17.3. The second-order valence-electron chi connectivity index (χ2n) is 6.83. The number of carbonyl (C=O) groups is 4. The quantitative estimate of drug-likeness (QED) is 0.566. The summed E-state index contributed by atoms with van der Waals surface area (Å²) in [5.41, 5.74) is 0.337. The number of aromatic carboxylic acids is 1. The summed E-state index contributed by atoms with van der Waals surface area (Å²) in [6.07, 6.45) is 0. The lowest BCUT2D eigenvalue weighted by molar-refractivity contribution is 0.0696. The van der Waals surface area contributed by atoms with Gasteiger partial charge in [-0.1, -0.05) is 23.7 Å². The van der Waals surface area contributed by atoms with Crippen LogP contribution in [0.3, 0.4) is 0 Å². The largest absolute Gasteiger partial charge is 0.495 e. The number of para-hydroxylation sites is 1. The number of halogens is 1. The number of rotatable bonds is 5. The molecule has 0 bridgehead atoms. The Morgan fingerprint density at radius 1 is 0.969 bits per heavy atom. The van der Waals surface area contributed by atoms with Gasteiger partial charge in [0, 0.05) is 5.02 Å². The Morgan fingerprint density at radius 2 is 1.69 bits per heavy atom. The minimum Gasteiger partial charge on any atom is -0.495 e. The van der Waals surface area contributed by atoms with E-state index in [0.29, 0.717) is 16.5 Å². The minimum absolute atomic E-state index is 0.0402. The van der Waals surface area contributed by atoms with Crippen LogP contribution in [0, 0.1) is 0 Å². The highest BCUT2D eigenvalue weighted by Gasteiger charge is 2.38. The first-order valence-electron chi connectivity index (χ1n) is 9.32. The van der Waals surface area contributed by atoms with Crippen molar-refractivity contribution in [1.29, 1.82) is 0 Å². The Bertz CT molecular complexity index is 1300. The number of benzene rings is 3. The standard InChI is InChI=1S/C23H15ClN2O6/c1-32-19-9-7-13(24)11-17(19)25-20(27)15-4-2-3-5-18(15)26-21(28)14-8-6-12(23(30)31)10-16(14)22(26)29/h2-11H,1H3,(H,25,27)(H,30,31). The summed E-state index contributed by atoms with van der Waals surface area (Å²) in [5, 5.41) is 12.2. The summed E-state index contributed by atoms with van der Waals surface area (Å²) in [6.45, 7) is 0. The molecule has 0 unspecified atom stereocenters. The van der Waals surface area contributed by atoms with Crippen molar-refractivity contribution in [3.8, 4) is 5.75 Å². The van der Waals surface area contributed by atoms with E-state index in [1.807, 2.05) is 0 Å². The lowest BCUT2D eigenvalue weighted by Gasteiger charge is -2.18. The molecule has 4 rings (SSSR count). The van der Waals surface area contributed by atoms with Crippen LogP contribution >= 0.6 is 11.6 Å². The molecule has 0 aromatic heterocycles. The molecule has 3 aromatic rings. The van der Waals surface area contributed by atoms with E-state index in [-0.39, 0.29) is 27.9 Å². The van der Waals surface area contributed by atoms with Gasteiger partial charge in [-0.25, -0.2) is 9.69 Å². The van der Waals surface area contributed by atoms with E-state index in [4.69, 9.17) is 16.3 Å². The van der Waals surface area contributed by atoms with E-state index in [9.17, 15) is 24.3 Å². The maximum atomic E-state index is 13.1. The van der Waals surface area contributed by atoms with E-state index in [2.05, 4.69) is 5.32 Å². The average molecular weight is 451 g/mol. The van der Waals surface area contributed by atoms with Gasteiger partial charge in [-0.15, -0.1) is 0 Å². The monoisotopic (exact) mass is 450 g/mol. The van der Waals surface area contributed by atoms with E-state index in [0.717, 1.165) is 11.0 Å². The van der Waals surface area contributed by atoms with Gasteiger partial charge in [-0.05, 0) is 48.5 Å². The van der Waals surface area contributed by atoms with Crippen molar-refractivity contribution in [3.63, 3.8) is 0 Å². The second kappa shape index (κ2) is 8.16. The van der Waals surface area contributed by atoms with Crippen LogP contribution < -0.4 is 15.0 Å². The molecule has 1 aliphatic rings. The molecule has 3 aromatic carbocycles. The van der Waals surface area contributed by atoms with E-state index in [1.165, 1.54) is 37.4 Å². The number of imide groups is 1. The first kappa shape index (κ1) is 21.1. The van der Waals surface area contributed by atoms with Crippen molar-refractivity contribution in [1.82, 2.24) is 0 Å². The Hall–Kier alpha value is -4.17. The molecular weight excluding hydrogens is 436 g/mol. The van der Waals surface area contributed by atoms with Crippen LogP contribution in [0.15, 0.2) is 60.7 Å². The third kappa shape index (κ3) is 3.57. The number of hydrogen-bond donors (Lipinski definition) is 2. The highest BCUT2D eigenvalue weighted by Crippen LogP contribution is 2.33. The number of hydrogen-bond acceptors (Lipinski definition) is 5. The maximum Gasteiger partial charge on any atom is 0.335 e. The Kier molecular flexibility index (Phi) is 5.38. The fourth-order valence-electron chi connectivity index (χ4n) is 3.42. The SMILES string of the molecule is COc1ccc(Cl)cc1NC(=O)c1ccccc1N1C(=O)c2ccc(C(=O)O)cc2C1=O. The number of carboxylic acids is 1. The number of carboxylic acid groups (broad SMARTS) is 1. The van der Waals surface area contributed by atoms with Gasteiger partial charge in [0.1, 0.15) is 5.75 Å². The number of methoxy groups -OCH3 is 1. The van der Waals surface area contributed by atoms with Gasteiger partial charge in [0.2, 0.25) is 0 Å². The molecule has 9 heteroatoms. The van der Waals surface area contributed by atoms with Crippen LogP contribution in [0.25, 0.3) is 0 Å². The fourth-order valence-corrected chi connectivity index (χ4v) is 3.59. The highest BCUT2D eigenvalue weighted by molar-refractivity contribution is 6.36. The van der Waals surface area contributed by atoms with Gasteiger partial charge in [0.05, 0.1) is 40.7 Å². The summed E-state index contributed by atoms with van der Waals surface area (Å²) in [6, 6.07) is 14.5. The van der Waals surface area contributed by atoms with Crippen LogP contribution in [0.2, 0.25) is 5.02 Å². The molecule has 0 fully saturated rings. The third-order valence-corrected chi connectivity index (χ3v) is 5.17. The Labute approximate surface area is 187 Å². The first-order chi connectivity index (χ1) is 15.3. The molecule has 8 nitrogen and oxygen atoms in total. The molecule has 1 aliphatic heterocycles. The number of carbonyl (C=O) groups excluding carboxylic acids is 3. The third-order valence-electron chi connectivity index (χ3n) is 4.93. The Balaban J connectivity index is 1.72. The molecule has 0 radical (unpaired) electrons. The lowest BCUT2D eigenvalue weighted by Crippen LogP contribution is -2.31. The summed E-state index contributed by atoms with van der Waals surface area (Å²) in [4.78, 5) is 51.1. The molecule has 0 spiro atoms. The van der Waals surface area contributed by atoms with E-state index < -0.39 is 23.7 Å². The van der Waals surface area contributed by atoms with Crippen LogP contribution in [0.5, 0.6) is 5.75 Å². The van der Waals surface area contributed by atoms with Gasteiger partial charge in [-0.3, -0.25) is 14.4 Å². The van der Waals surface area contributed by atoms with Crippen molar-refractivity contribution in [3.05, 3.63) is 87.9 Å². The van der Waals surface area contributed by atoms with Gasteiger partial charge in [0.15, 0.2) is 0 Å². The average Bonchev–Trinajstić information content (AvgIpc) is 3.03. The number of fused-ring (bicyclic) bond motifs is 1. The normalized spacial score (nSPS) is 12.5. The van der Waals surface area contributed by atoms with Gasteiger partial charge in [-0.2, -0.15) is 0 Å². The first-order valence-corrected chi connectivity index (χ1v) is 9.69. The number of nitrogens with zero attached hydrogens (tertiary/aromatic N) is 1. The van der Waals surface area contributed by atoms with Gasteiger partial charge >= 0.3 is 5.97 Å². The zero-order chi connectivity index (χ0) is 23.0. The predicted octanol–water partition coefficient (Wildman–Crippen LogP) is 4.10. The molecule has 160 valence electrons. The number of nitrogens with one attached hydrogen (secondary N) is 1. The Morgan fingerprint density at radius 3 is 2.41 bits per heavy atom. The smallest absolute Gasteiger partial charge is 0.335 e. The lowest BCUT2D eigenvalue weighted by atomic mass is 10.1. The van der Waals surface area contributed by atoms with Crippen LogP contribution in [-0.2, 0) is 0 Å². The van der Waals surface area contributed by atoms with Crippen molar-refractivity contribution >= 4 is 46.7 Å². The zero-order valence-electron chi connectivity index (χ0n) is 16.6. The predicted molar refractivity (Wildman–Crippen MR) is 117 cm³/mol. The van der Waals surface area contributed by atoms with Gasteiger partial charge < -0.3 is 15.2 Å². The molecule has 3 amide bonds.